The molecule has 1 rings (SSSR count). The molecule has 0 aromatic rings. The molecule has 0 spiro atoms. The minimum atomic E-state index is -5.11. The number of aliphatic hydroxyl groups excluding tert-OH is 5. The standard InChI is InChI=1S/C44H83O13P/c1-3-5-7-9-11-13-15-16-17-18-19-20-21-23-24-26-28-30-32-37(45)54-34-36(56-38(46)33-31-29-27-25-22-14-12-10-8-6-4-2)35-55-58(52,53)57-44-42(50)40(48)39(47)41(49)43(44)51/h10,12,36,39-44,47-51H,3-9,11,13-35H2,1-2H3,(H,52,53)/b12-10-/t36-,39?,40-,41?,42?,43?,44?/m1/s1. The molecule has 1 saturated carbocycles. The summed E-state index contributed by atoms with van der Waals surface area (Å²) in [6.07, 6.45) is 22.8. The smallest absolute Gasteiger partial charge is 0.462 e. The Bertz CT molecular complexity index is 1080. The number of carbonyl (C=O) groups is 2. The molecule has 6 unspecified atom stereocenters. The molecule has 1 aliphatic rings. The van der Waals surface area contributed by atoms with Crippen molar-refractivity contribution in [2.24, 2.45) is 0 Å². The van der Waals surface area contributed by atoms with Crippen LogP contribution >= 0.6 is 7.82 Å². The van der Waals surface area contributed by atoms with Crippen molar-refractivity contribution in [3.05, 3.63) is 12.2 Å². The van der Waals surface area contributed by atoms with E-state index in [0.29, 0.717) is 12.8 Å². The molecule has 13 nitrogen and oxygen atoms in total. The number of hydrogen-bond acceptors (Lipinski definition) is 12. The first-order chi connectivity index (χ1) is 27.9. The second kappa shape index (κ2) is 35.2. The van der Waals surface area contributed by atoms with Crippen LogP contribution in [0.25, 0.3) is 0 Å². The molecule has 58 heavy (non-hydrogen) atoms. The first-order valence-corrected chi connectivity index (χ1v) is 24.5. The summed E-state index contributed by atoms with van der Waals surface area (Å²) in [4.78, 5) is 35.6. The fourth-order valence-electron chi connectivity index (χ4n) is 7.09. The van der Waals surface area contributed by atoms with E-state index in [1.54, 1.807) is 0 Å². The summed E-state index contributed by atoms with van der Waals surface area (Å²) in [6, 6.07) is 0. The van der Waals surface area contributed by atoms with Crippen LogP contribution in [0.1, 0.15) is 200 Å². The van der Waals surface area contributed by atoms with Gasteiger partial charge in [-0.3, -0.25) is 18.6 Å². The van der Waals surface area contributed by atoms with Gasteiger partial charge in [-0.2, -0.15) is 0 Å². The highest BCUT2D eigenvalue weighted by Gasteiger charge is 2.51. The van der Waals surface area contributed by atoms with Gasteiger partial charge in [0.15, 0.2) is 6.10 Å². The van der Waals surface area contributed by atoms with Crippen molar-refractivity contribution in [3.8, 4) is 0 Å². The number of hydrogen-bond donors (Lipinski definition) is 6. The summed E-state index contributed by atoms with van der Waals surface area (Å²) >= 11 is 0. The third kappa shape index (κ3) is 27.4. The molecule has 14 heteroatoms. The molecule has 342 valence electrons. The predicted molar refractivity (Wildman–Crippen MR) is 226 cm³/mol. The highest BCUT2D eigenvalue weighted by molar-refractivity contribution is 7.47. The Labute approximate surface area is 350 Å². The van der Waals surface area contributed by atoms with Crippen LogP contribution in [-0.4, -0.2) is 98.3 Å². The summed E-state index contributed by atoms with van der Waals surface area (Å²) < 4.78 is 33.5. The maximum atomic E-state index is 12.8. The summed E-state index contributed by atoms with van der Waals surface area (Å²) in [7, 11) is -5.11. The van der Waals surface area contributed by atoms with Crippen LogP contribution in [0.2, 0.25) is 0 Å². The third-order valence-corrected chi connectivity index (χ3v) is 11.8. The molecular weight excluding hydrogens is 767 g/mol. The van der Waals surface area contributed by atoms with Crippen LogP contribution in [-0.2, 0) is 32.7 Å². The number of carbonyl (C=O) groups excluding carboxylic acids is 2. The second-order valence-corrected chi connectivity index (χ2v) is 17.7. The quantitative estimate of drug-likeness (QED) is 0.0149. The lowest BCUT2D eigenvalue weighted by molar-refractivity contribution is -0.220. The van der Waals surface area contributed by atoms with Gasteiger partial charge >= 0.3 is 19.8 Å². The number of esters is 2. The van der Waals surface area contributed by atoms with Crippen molar-refractivity contribution < 1.29 is 63.1 Å². The van der Waals surface area contributed by atoms with Gasteiger partial charge in [0.25, 0.3) is 0 Å². The molecule has 0 saturated heterocycles. The molecular formula is C44H83O13P. The highest BCUT2D eigenvalue weighted by Crippen LogP contribution is 2.47. The molecule has 1 aliphatic carbocycles. The van der Waals surface area contributed by atoms with Gasteiger partial charge in [0.05, 0.1) is 6.61 Å². The summed E-state index contributed by atoms with van der Waals surface area (Å²) in [5.74, 6) is -1.10. The van der Waals surface area contributed by atoms with Crippen molar-refractivity contribution >= 4 is 19.8 Å². The monoisotopic (exact) mass is 851 g/mol. The first-order valence-electron chi connectivity index (χ1n) is 23.0. The summed E-state index contributed by atoms with van der Waals surface area (Å²) in [5, 5.41) is 50.1. The molecule has 6 N–H and O–H groups in total. The molecule has 0 heterocycles. The molecule has 0 bridgehead atoms. The fraction of sp³-hybridized carbons (Fsp3) is 0.909. The van der Waals surface area contributed by atoms with Gasteiger partial charge in [0.1, 0.15) is 43.2 Å². The highest BCUT2D eigenvalue weighted by atomic mass is 31.2. The maximum absolute atomic E-state index is 12.8. The zero-order chi connectivity index (χ0) is 42.9. The van der Waals surface area contributed by atoms with Crippen LogP contribution in [0.15, 0.2) is 12.2 Å². The number of ether oxygens (including phenoxy) is 2. The zero-order valence-corrected chi connectivity index (χ0v) is 37.0. The van der Waals surface area contributed by atoms with Crippen molar-refractivity contribution in [2.45, 2.75) is 243 Å². The lowest BCUT2D eigenvalue weighted by atomic mass is 9.85. The van der Waals surface area contributed by atoms with E-state index < -0.39 is 75.7 Å². The van der Waals surface area contributed by atoms with Gasteiger partial charge in [-0.25, -0.2) is 4.57 Å². The van der Waals surface area contributed by atoms with Crippen LogP contribution in [0, 0.1) is 0 Å². The van der Waals surface area contributed by atoms with Crippen LogP contribution in [0.5, 0.6) is 0 Å². The number of aliphatic hydroxyl groups is 5. The van der Waals surface area contributed by atoms with Crippen molar-refractivity contribution in [2.75, 3.05) is 13.2 Å². The Morgan fingerprint density at radius 1 is 0.517 bits per heavy atom. The second-order valence-electron chi connectivity index (χ2n) is 16.3. The fourth-order valence-corrected chi connectivity index (χ4v) is 8.07. The molecule has 0 amide bonds. The van der Waals surface area contributed by atoms with Gasteiger partial charge in [-0.1, -0.05) is 167 Å². The van der Waals surface area contributed by atoms with Gasteiger partial charge in [-0.15, -0.1) is 0 Å². The predicted octanol–water partition coefficient (Wildman–Crippen LogP) is 8.67. The van der Waals surface area contributed by atoms with Crippen LogP contribution in [0.4, 0.5) is 0 Å². The number of phosphoric ester groups is 1. The number of phosphoric acid groups is 1. The van der Waals surface area contributed by atoms with E-state index in [4.69, 9.17) is 18.5 Å². The van der Waals surface area contributed by atoms with E-state index in [-0.39, 0.29) is 12.8 Å². The van der Waals surface area contributed by atoms with Gasteiger partial charge < -0.3 is 39.9 Å². The third-order valence-electron chi connectivity index (χ3n) is 10.9. The topological polar surface area (TPSA) is 210 Å². The molecule has 0 radical (unpaired) electrons. The van der Waals surface area contributed by atoms with E-state index in [1.807, 2.05) is 0 Å². The number of unbranched alkanes of at least 4 members (excludes halogenated alkanes) is 24. The minimum Gasteiger partial charge on any atom is -0.462 e. The Morgan fingerprint density at radius 2 is 0.897 bits per heavy atom. The van der Waals surface area contributed by atoms with Crippen LogP contribution < -0.4 is 0 Å². The maximum Gasteiger partial charge on any atom is 0.472 e. The zero-order valence-electron chi connectivity index (χ0n) is 36.1. The Hall–Kier alpha value is -1.41. The van der Waals surface area contributed by atoms with E-state index in [0.717, 1.165) is 57.8 Å². The Kier molecular flexibility index (Phi) is 33.2. The van der Waals surface area contributed by atoms with E-state index in [9.17, 15) is 44.6 Å². The average molecular weight is 851 g/mol. The molecule has 0 aromatic heterocycles. The number of allylic oxidation sites excluding steroid dienone is 2. The summed E-state index contributed by atoms with van der Waals surface area (Å²) in [6.45, 7) is 3.26. The summed E-state index contributed by atoms with van der Waals surface area (Å²) in [5.41, 5.74) is 0. The van der Waals surface area contributed by atoms with E-state index in [2.05, 4.69) is 26.0 Å². The Morgan fingerprint density at radius 3 is 1.36 bits per heavy atom. The van der Waals surface area contributed by atoms with Crippen LogP contribution in [0.3, 0.4) is 0 Å². The SMILES string of the molecule is CCCC/C=C\CCCCCCCC(=O)O[C@H](COC(=O)CCCCCCCCCCCCCCCCCCCC)COP(=O)(O)OC1C(O)C(O)C(O)[C@@H](O)C1O. The van der Waals surface area contributed by atoms with Crippen molar-refractivity contribution in [1.29, 1.82) is 0 Å². The molecule has 8 atom stereocenters. The normalized spacial score (nSPS) is 22.6. The average Bonchev–Trinajstić information content (AvgIpc) is 3.20. The lowest BCUT2D eigenvalue weighted by Gasteiger charge is -2.41. The Balaban J connectivity index is 2.41. The van der Waals surface area contributed by atoms with Gasteiger partial charge in [0, 0.05) is 12.8 Å². The van der Waals surface area contributed by atoms with Crippen molar-refractivity contribution in [3.63, 3.8) is 0 Å². The van der Waals surface area contributed by atoms with Crippen molar-refractivity contribution in [1.82, 2.24) is 0 Å². The van der Waals surface area contributed by atoms with Gasteiger partial charge in [0.2, 0.25) is 0 Å². The van der Waals surface area contributed by atoms with Gasteiger partial charge in [-0.05, 0) is 32.1 Å². The van der Waals surface area contributed by atoms with E-state index >= 15 is 0 Å². The molecule has 0 aliphatic heterocycles. The molecule has 0 aromatic carbocycles. The number of rotatable bonds is 38. The van der Waals surface area contributed by atoms with E-state index in [1.165, 1.54) is 103 Å². The first kappa shape index (κ1) is 54.6. The minimum absolute atomic E-state index is 0.0898. The lowest BCUT2D eigenvalue weighted by Crippen LogP contribution is -2.64. The largest absolute Gasteiger partial charge is 0.472 e. The molecule has 1 fully saturated rings.